The number of pyridine rings is 1. The van der Waals surface area contributed by atoms with E-state index in [1.807, 2.05) is 12.1 Å². The van der Waals surface area contributed by atoms with Crippen molar-refractivity contribution in [2.24, 2.45) is 0 Å². The molecule has 0 saturated carbocycles. The topological polar surface area (TPSA) is 32.9 Å². The molecule has 0 saturated heterocycles. The molecule has 0 bridgehead atoms. The van der Waals surface area contributed by atoms with E-state index in [-0.39, 0.29) is 5.56 Å². The van der Waals surface area contributed by atoms with Gasteiger partial charge in [-0.3, -0.25) is 4.79 Å². The molecule has 14 heavy (non-hydrogen) atoms. The lowest BCUT2D eigenvalue weighted by molar-refractivity contribution is 1.14. The molecule has 0 aliphatic rings. The lowest BCUT2D eigenvalue weighted by Crippen LogP contribution is -2.05. The van der Waals surface area contributed by atoms with Gasteiger partial charge in [-0.05, 0) is 40.0 Å². The van der Waals surface area contributed by atoms with Gasteiger partial charge in [0.25, 0.3) is 5.56 Å². The van der Waals surface area contributed by atoms with E-state index in [4.69, 9.17) is 0 Å². The molecule has 0 aliphatic carbocycles. The van der Waals surface area contributed by atoms with E-state index in [0.717, 1.165) is 21.7 Å². The minimum atomic E-state index is -0.0362. The van der Waals surface area contributed by atoms with Crippen LogP contribution in [0.4, 0.5) is 0 Å². The first kappa shape index (κ1) is 9.46. The number of H-pyrrole nitrogens is 1. The molecule has 0 unspecified atom stereocenters. The summed E-state index contributed by atoms with van der Waals surface area (Å²) in [7, 11) is 0. The first-order valence-corrected chi connectivity index (χ1v) is 5.31. The van der Waals surface area contributed by atoms with Crippen LogP contribution in [0.2, 0.25) is 0 Å². The Kier molecular flexibility index (Phi) is 2.42. The van der Waals surface area contributed by atoms with E-state index >= 15 is 0 Å². The maximum absolute atomic E-state index is 11.5. The number of nitrogens with one attached hydrogen (secondary N) is 1. The monoisotopic (exact) mass is 251 g/mol. The van der Waals surface area contributed by atoms with Gasteiger partial charge < -0.3 is 4.98 Å². The second-order valence-electron chi connectivity index (χ2n) is 3.20. The number of hydrogen-bond donors (Lipinski definition) is 1. The Hall–Kier alpha value is -1.09. The third-order valence-electron chi connectivity index (χ3n) is 2.32. The summed E-state index contributed by atoms with van der Waals surface area (Å²) in [6.45, 7) is 2.10. The van der Waals surface area contributed by atoms with Crippen LogP contribution in [-0.4, -0.2) is 4.98 Å². The average molecular weight is 252 g/mol. The molecule has 0 spiro atoms. The number of aryl methyl sites for hydroxylation is 1. The van der Waals surface area contributed by atoms with Crippen molar-refractivity contribution in [1.29, 1.82) is 0 Å². The number of aromatic amines is 1. The van der Waals surface area contributed by atoms with Crippen molar-refractivity contribution in [2.45, 2.75) is 13.3 Å². The molecule has 0 fully saturated rings. The van der Waals surface area contributed by atoms with Gasteiger partial charge in [-0.1, -0.05) is 13.0 Å². The number of fused-ring (bicyclic) bond motifs is 1. The summed E-state index contributed by atoms with van der Waals surface area (Å²) in [6.07, 6.45) is 2.67. The van der Waals surface area contributed by atoms with Crippen molar-refractivity contribution in [3.63, 3.8) is 0 Å². The fourth-order valence-corrected chi connectivity index (χ4v) is 1.93. The van der Waals surface area contributed by atoms with Gasteiger partial charge in [0.2, 0.25) is 0 Å². The highest BCUT2D eigenvalue weighted by Gasteiger charge is 2.02. The quantitative estimate of drug-likeness (QED) is 0.831. The standard InChI is InChI=1S/C11H10BrNO/c1-2-7-3-4-8-9(5-7)10(12)6-13-11(8)14/h3-6H,2H2,1H3,(H,13,14). The Morgan fingerprint density at radius 1 is 1.36 bits per heavy atom. The van der Waals surface area contributed by atoms with Crippen molar-refractivity contribution in [1.82, 2.24) is 4.98 Å². The number of aromatic nitrogens is 1. The minimum absolute atomic E-state index is 0.0362. The molecule has 3 heteroatoms. The highest BCUT2D eigenvalue weighted by atomic mass is 79.9. The van der Waals surface area contributed by atoms with Crippen molar-refractivity contribution in [3.05, 3.63) is 44.8 Å². The van der Waals surface area contributed by atoms with Gasteiger partial charge >= 0.3 is 0 Å². The minimum Gasteiger partial charge on any atom is -0.327 e. The molecular weight excluding hydrogens is 242 g/mol. The van der Waals surface area contributed by atoms with E-state index in [1.54, 1.807) is 6.20 Å². The molecule has 1 aromatic heterocycles. The summed E-state index contributed by atoms with van der Waals surface area (Å²) in [5.41, 5.74) is 1.20. The van der Waals surface area contributed by atoms with Gasteiger partial charge in [0.05, 0.1) is 0 Å². The Bertz CT molecular complexity index is 530. The molecule has 0 amide bonds. The molecule has 72 valence electrons. The molecule has 2 aromatic rings. The maximum Gasteiger partial charge on any atom is 0.255 e. The fourth-order valence-electron chi connectivity index (χ4n) is 1.49. The highest BCUT2D eigenvalue weighted by Crippen LogP contribution is 2.21. The smallest absolute Gasteiger partial charge is 0.255 e. The zero-order valence-electron chi connectivity index (χ0n) is 7.80. The summed E-state index contributed by atoms with van der Waals surface area (Å²) in [5.74, 6) is 0. The predicted octanol–water partition coefficient (Wildman–Crippen LogP) is 2.85. The molecular formula is C11H10BrNO. The normalized spacial score (nSPS) is 10.7. The third-order valence-corrected chi connectivity index (χ3v) is 2.98. The second-order valence-corrected chi connectivity index (χ2v) is 4.05. The van der Waals surface area contributed by atoms with Crippen LogP contribution in [0, 0.1) is 0 Å². The molecule has 1 aromatic carbocycles. The molecule has 0 atom stereocenters. The Balaban J connectivity index is 2.87. The van der Waals surface area contributed by atoms with Crippen LogP contribution in [0.5, 0.6) is 0 Å². The number of benzene rings is 1. The summed E-state index contributed by atoms with van der Waals surface area (Å²) >= 11 is 3.42. The van der Waals surface area contributed by atoms with Crippen molar-refractivity contribution in [2.75, 3.05) is 0 Å². The lowest BCUT2D eigenvalue weighted by atomic mass is 10.1. The van der Waals surface area contributed by atoms with E-state index in [0.29, 0.717) is 0 Å². The van der Waals surface area contributed by atoms with Crippen molar-refractivity contribution >= 4 is 26.7 Å². The van der Waals surface area contributed by atoms with Crippen LogP contribution < -0.4 is 5.56 Å². The van der Waals surface area contributed by atoms with Gasteiger partial charge in [0.1, 0.15) is 0 Å². The molecule has 2 nitrogen and oxygen atoms in total. The summed E-state index contributed by atoms with van der Waals surface area (Å²) < 4.78 is 0.933. The molecule has 2 rings (SSSR count). The van der Waals surface area contributed by atoms with Gasteiger partial charge in [-0.2, -0.15) is 0 Å². The Morgan fingerprint density at radius 2 is 2.14 bits per heavy atom. The van der Waals surface area contributed by atoms with Gasteiger partial charge in [0.15, 0.2) is 0 Å². The maximum atomic E-state index is 11.5. The zero-order valence-corrected chi connectivity index (χ0v) is 9.39. The summed E-state index contributed by atoms with van der Waals surface area (Å²) in [6, 6.07) is 5.91. The van der Waals surface area contributed by atoms with Gasteiger partial charge in [0, 0.05) is 21.4 Å². The fraction of sp³-hybridized carbons (Fsp3) is 0.182. The third kappa shape index (κ3) is 1.48. The lowest BCUT2D eigenvalue weighted by Gasteiger charge is -2.02. The highest BCUT2D eigenvalue weighted by molar-refractivity contribution is 9.10. The predicted molar refractivity (Wildman–Crippen MR) is 61.6 cm³/mol. The van der Waals surface area contributed by atoms with E-state index < -0.39 is 0 Å². The molecule has 1 heterocycles. The number of hydrogen-bond acceptors (Lipinski definition) is 1. The molecule has 1 N–H and O–H groups in total. The largest absolute Gasteiger partial charge is 0.327 e. The van der Waals surface area contributed by atoms with Crippen LogP contribution >= 0.6 is 15.9 Å². The first-order valence-electron chi connectivity index (χ1n) is 4.52. The zero-order chi connectivity index (χ0) is 10.1. The van der Waals surface area contributed by atoms with Gasteiger partial charge in [-0.25, -0.2) is 0 Å². The van der Waals surface area contributed by atoms with Gasteiger partial charge in [-0.15, -0.1) is 0 Å². The Morgan fingerprint density at radius 3 is 2.86 bits per heavy atom. The van der Waals surface area contributed by atoms with Crippen LogP contribution in [0.25, 0.3) is 10.8 Å². The van der Waals surface area contributed by atoms with Crippen LogP contribution in [-0.2, 0) is 6.42 Å². The van der Waals surface area contributed by atoms with Crippen LogP contribution in [0.15, 0.2) is 33.7 Å². The first-order chi connectivity index (χ1) is 6.72. The van der Waals surface area contributed by atoms with E-state index in [1.165, 1.54) is 5.56 Å². The summed E-state index contributed by atoms with van der Waals surface area (Å²) in [5, 5.41) is 1.71. The molecule has 0 radical (unpaired) electrons. The van der Waals surface area contributed by atoms with E-state index in [9.17, 15) is 4.79 Å². The van der Waals surface area contributed by atoms with Crippen LogP contribution in [0.3, 0.4) is 0 Å². The Labute approximate surface area is 90.1 Å². The van der Waals surface area contributed by atoms with E-state index in [2.05, 4.69) is 33.9 Å². The number of rotatable bonds is 1. The summed E-state index contributed by atoms with van der Waals surface area (Å²) in [4.78, 5) is 14.1. The number of halogens is 1. The van der Waals surface area contributed by atoms with Crippen molar-refractivity contribution < 1.29 is 0 Å². The SMILES string of the molecule is CCc1ccc2c(=O)[nH]cc(Br)c2c1. The van der Waals surface area contributed by atoms with Crippen LogP contribution in [0.1, 0.15) is 12.5 Å². The van der Waals surface area contributed by atoms with Crippen molar-refractivity contribution in [3.8, 4) is 0 Å². The second kappa shape index (κ2) is 3.58. The average Bonchev–Trinajstić information content (AvgIpc) is 2.23. The molecule has 0 aliphatic heterocycles.